The fourth-order valence-corrected chi connectivity index (χ4v) is 2.68. The molecule has 2 aromatic carbocycles. The molecule has 0 saturated heterocycles. The van der Waals surface area contributed by atoms with Crippen molar-refractivity contribution in [2.75, 3.05) is 0 Å². The van der Waals surface area contributed by atoms with Crippen LogP contribution in [0.1, 0.15) is 0 Å². The van der Waals surface area contributed by atoms with Gasteiger partial charge in [-0.3, -0.25) is 0 Å². The van der Waals surface area contributed by atoms with Crippen LogP contribution < -0.4 is 4.57 Å². The molecule has 0 aliphatic carbocycles. The van der Waals surface area contributed by atoms with Gasteiger partial charge < -0.3 is 0 Å². The predicted octanol–water partition coefficient (Wildman–Crippen LogP) is 3.74. The van der Waals surface area contributed by atoms with Crippen LogP contribution in [-0.2, 0) is 7.05 Å². The number of fused-ring (bicyclic) bond motifs is 2. The molecule has 0 atom stereocenters. The second-order valence-corrected chi connectivity index (χ2v) is 5.77. The number of hydrogen-bond acceptors (Lipinski definition) is 1. The van der Waals surface area contributed by atoms with E-state index in [1.54, 1.807) is 0 Å². The fraction of sp³-hybridized carbons (Fsp3) is 0.0769. The van der Waals surface area contributed by atoms with Crippen molar-refractivity contribution in [2.24, 2.45) is 7.05 Å². The van der Waals surface area contributed by atoms with Gasteiger partial charge in [-0.25, -0.2) is 4.98 Å². The second kappa shape index (κ2) is 4.03. The molecule has 4 heteroatoms. The van der Waals surface area contributed by atoms with E-state index in [9.17, 15) is 0 Å². The Morgan fingerprint density at radius 2 is 1.35 bits per heavy atom. The van der Waals surface area contributed by atoms with E-state index >= 15 is 0 Å². The normalized spacial score (nSPS) is 11.2. The third kappa shape index (κ3) is 1.85. The molecule has 0 saturated carbocycles. The lowest BCUT2D eigenvalue weighted by atomic mass is 10.2. The molecule has 84 valence electrons. The van der Waals surface area contributed by atoms with Gasteiger partial charge in [0.05, 0.1) is 0 Å². The third-order valence-corrected chi connectivity index (χ3v) is 3.83. The lowest BCUT2D eigenvalue weighted by Crippen LogP contribution is -2.30. The quantitative estimate of drug-likeness (QED) is 0.445. The Balaban J connectivity index is 2.53. The van der Waals surface area contributed by atoms with Crippen LogP contribution in [0.5, 0.6) is 0 Å². The summed E-state index contributed by atoms with van der Waals surface area (Å²) in [6.45, 7) is 0. The fourth-order valence-electron chi connectivity index (χ4n) is 1.98. The number of hydrogen-bond donors (Lipinski definition) is 0. The standard InChI is InChI=1S/C13H9Br2N2/c1-17-12-6-8(14)2-4-10(12)16-11-5-3-9(15)7-13(11)17/h2-7H,1H3/q+1. The maximum absolute atomic E-state index is 4.66. The smallest absolute Gasteiger partial charge is 0.232 e. The van der Waals surface area contributed by atoms with E-state index in [2.05, 4.69) is 60.6 Å². The maximum atomic E-state index is 4.66. The monoisotopic (exact) mass is 351 g/mol. The topological polar surface area (TPSA) is 16.8 Å². The van der Waals surface area contributed by atoms with E-state index in [4.69, 9.17) is 0 Å². The SMILES string of the molecule is C[n+]1c2cc(Br)ccc2nc2ccc(Br)cc21. The Morgan fingerprint density at radius 1 is 0.882 bits per heavy atom. The van der Waals surface area contributed by atoms with Gasteiger partial charge in [-0.2, -0.15) is 4.57 Å². The second-order valence-electron chi connectivity index (χ2n) is 3.94. The van der Waals surface area contributed by atoms with Crippen LogP contribution in [0, 0.1) is 0 Å². The van der Waals surface area contributed by atoms with Gasteiger partial charge in [0, 0.05) is 21.1 Å². The van der Waals surface area contributed by atoms with Crippen LogP contribution in [0.3, 0.4) is 0 Å². The first-order valence-corrected chi connectivity index (χ1v) is 6.78. The number of benzene rings is 2. The number of rotatable bonds is 0. The van der Waals surface area contributed by atoms with Crippen LogP contribution in [0.2, 0.25) is 0 Å². The van der Waals surface area contributed by atoms with Crippen molar-refractivity contribution in [2.45, 2.75) is 0 Å². The Bertz CT molecular complexity index is 678. The van der Waals surface area contributed by atoms with Crippen LogP contribution in [-0.4, -0.2) is 4.98 Å². The lowest BCUT2D eigenvalue weighted by Gasteiger charge is -2.02. The molecule has 3 rings (SSSR count). The predicted molar refractivity (Wildman–Crippen MR) is 75.8 cm³/mol. The largest absolute Gasteiger partial charge is 0.235 e. The molecular weight excluding hydrogens is 344 g/mol. The first-order valence-electron chi connectivity index (χ1n) is 5.20. The van der Waals surface area contributed by atoms with Crippen molar-refractivity contribution in [3.05, 3.63) is 45.3 Å². The molecule has 1 aromatic heterocycles. The molecule has 0 spiro atoms. The van der Waals surface area contributed by atoms with Gasteiger partial charge in [0.2, 0.25) is 11.0 Å². The van der Waals surface area contributed by atoms with Crippen LogP contribution in [0.15, 0.2) is 45.3 Å². The van der Waals surface area contributed by atoms with Crippen LogP contribution in [0.25, 0.3) is 22.1 Å². The molecule has 17 heavy (non-hydrogen) atoms. The minimum Gasteiger partial charge on any atom is -0.235 e. The molecule has 0 radical (unpaired) electrons. The molecule has 0 aliphatic rings. The van der Waals surface area contributed by atoms with Gasteiger partial charge in [-0.1, -0.05) is 31.9 Å². The highest BCUT2D eigenvalue weighted by molar-refractivity contribution is 9.10. The van der Waals surface area contributed by atoms with Crippen LogP contribution in [0.4, 0.5) is 0 Å². The highest BCUT2D eigenvalue weighted by atomic mass is 79.9. The van der Waals surface area contributed by atoms with E-state index in [1.807, 2.05) is 24.3 Å². The minimum absolute atomic E-state index is 1.01. The summed E-state index contributed by atoms with van der Waals surface area (Å²) in [5, 5.41) is 0. The molecule has 0 amide bonds. The highest BCUT2D eigenvalue weighted by Gasteiger charge is 2.13. The van der Waals surface area contributed by atoms with Gasteiger partial charge in [0.15, 0.2) is 0 Å². The summed E-state index contributed by atoms with van der Waals surface area (Å²) in [4.78, 5) is 4.66. The van der Waals surface area contributed by atoms with Crippen molar-refractivity contribution in [3.63, 3.8) is 0 Å². The Hall–Kier alpha value is -1.00. The maximum Gasteiger partial charge on any atom is 0.232 e. The Morgan fingerprint density at radius 3 is 1.82 bits per heavy atom. The highest BCUT2D eigenvalue weighted by Crippen LogP contribution is 2.20. The number of aryl methyl sites for hydroxylation is 1. The van der Waals surface area contributed by atoms with Crippen molar-refractivity contribution in [3.8, 4) is 0 Å². The average Bonchev–Trinajstić information content (AvgIpc) is 2.32. The molecule has 0 fully saturated rings. The van der Waals surface area contributed by atoms with Gasteiger partial charge in [0.1, 0.15) is 18.1 Å². The van der Waals surface area contributed by atoms with Crippen molar-refractivity contribution in [1.29, 1.82) is 0 Å². The third-order valence-electron chi connectivity index (χ3n) is 2.84. The van der Waals surface area contributed by atoms with E-state index in [0.717, 1.165) is 31.0 Å². The zero-order valence-corrected chi connectivity index (χ0v) is 12.3. The molecule has 1 heterocycles. The Labute approximate surface area is 116 Å². The van der Waals surface area contributed by atoms with Crippen molar-refractivity contribution in [1.82, 2.24) is 4.98 Å². The number of aromatic nitrogens is 2. The lowest BCUT2D eigenvalue weighted by molar-refractivity contribution is -0.618. The van der Waals surface area contributed by atoms with Gasteiger partial charge in [0.25, 0.3) is 0 Å². The van der Waals surface area contributed by atoms with E-state index < -0.39 is 0 Å². The van der Waals surface area contributed by atoms with Crippen molar-refractivity contribution < 1.29 is 4.57 Å². The van der Waals surface area contributed by atoms with E-state index in [1.165, 1.54) is 0 Å². The number of halogens is 2. The zero-order chi connectivity index (χ0) is 12.0. The molecule has 0 bridgehead atoms. The number of nitrogens with zero attached hydrogens (tertiary/aromatic N) is 2. The summed E-state index contributed by atoms with van der Waals surface area (Å²) >= 11 is 6.99. The van der Waals surface area contributed by atoms with E-state index in [-0.39, 0.29) is 0 Å². The molecule has 0 unspecified atom stereocenters. The Kier molecular flexibility index (Phi) is 2.64. The summed E-state index contributed by atoms with van der Waals surface area (Å²) in [6, 6.07) is 12.3. The average molecular weight is 353 g/mol. The summed E-state index contributed by atoms with van der Waals surface area (Å²) in [5.41, 5.74) is 4.24. The molecule has 3 aromatic rings. The van der Waals surface area contributed by atoms with Crippen LogP contribution >= 0.6 is 31.9 Å². The summed E-state index contributed by atoms with van der Waals surface area (Å²) in [5.74, 6) is 0. The molecular formula is C13H9Br2N2+. The summed E-state index contributed by atoms with van der Waals surface area (Å²) in [6.07, 6.45) is 0. The first-order chi connectivity index (χ1) is 8.15. The summed E-state index contributed by atoms with van der Waals surface area (Å²) < 4.78 is 4.29. The zero-order valence-electron chi connectivity index (χ0n) is 9.11. The van der Waals surface area contributed by atoms with Crippen molar-refractivity contribution >= 4 is 53.9 Å². The molecule has 0 aliphatic heterocycles. The van der Waals surface area contributed by atoms with Gasteiger partial charge in [-0.05, 0) is 24.3 Å². The molecule has 0 N–H and O–H groups in total. The molecule has 2 nitrogen and oxygen atoms in total. The first kappa shape index (κ1) is 11.1. The van der Waals surface area contributed by atoms with E-state index in [0.29, 0.717) is 0 Å². The van der Waals surface area contributed by atoms with Gasteiger partial charge >= 0.3 is 0 Å². The van der Waals surface area contributed by atoms with Gasteiger partial charge in [-0.15, -0.1) is 0 Å². The minimum atomic E-state index is 1.01. The summed E-state index contributed by atoms with van der Waals surface area (Å²) in [7, 11) is 2.06.